The lowest BCUT2D eigenvalue weighted by Gasteiger charge is -2.29. The van der Waals surface area contributed by atoms with Crippen molar-refractivity contribution in [1.82, 2.24) is 0 Å². The van der Waals surface area contributed by atoms with Crippen molar-refractivity contribution < 1.29 is 18.0 Å². The van der Waals surface area contributed by atoms with Crippen LogP contribution in [-0.4, -0.2) is 18.1 Å². The molecule has 0 aromatic heterocycles. The summed E-state index contributed by atoms with van der Waals surface area (Å²) < 4.78 is 41.8. The smallest absolute Gasteiger partial charge is 0.374 e. The number of halogens is 5. The Kier molecular flexibility index (Phi) is 4.75. The number of nitrogens with one attached hydrogen (secondary N) is 1. The van der Waals surface area contributed by atoms with Crippen LogP contribution in [0.1, 0.15) is 28.7 Å². The number of hydrogen-bond acceptors (Lipinski definition) is 3. The minimum absolute atomic E-state index is 0.0827. The zero-order valence-electron chi connectivity index (χ0n) is 13.5. The van der Waals surface area contributed by atoms with Crippen molar-refractivity contribution in [3.05, 3.63) is 68.7 Å². The first kappa shape index (κ1) is 18.7. The Bertz CT molecular complexity index is 892. The van der Waals surface area contributed by atoms with Gasteiger partial charge >= 0.3 is 6.18 Å². The van der Waals surface area contributed by atoms with Gasteiger partial charge in [0.2, 0.25) is 0 Å². The Morgan fingerprint density at radius 2 is 1.81 bits per heavy atom. The second kappa shape index (κ2) is 6.59. The third-order valence-corrected chi connectivity index (χ3v) is 4.71. The number of aryl methyl sites for hydroxylation is 1. The first-order valence-electron chi connectivity index (χ1n) is 7.56. The highest BCUT2D eigenvalue weighted by Gasteiger charge is 2.62. The average Bonchev–Trinajstić information content (AvgIpc) is 3.00. The molecule has 8 heteroatoms. The molecule has 26 heavy (non-hydrogen) atoms. The molecule has 3 nitrogen and oxygen atoms in total. The molecule has 0 saturated carbocycles. The van der Waals surface area contributed by atoms with Gasteiger partial charge in [-0.3, -0.25) is 0 Å². The van der Waals surface area contributed by atoms with Gasteiger partial charge in [0.1, 0.15) is 0 Å². The molecule has 2 aromatic rings. The Labute approximate surface area is 157 Å². The van der Waals surface area contributed by atoms with Gasteiger partial charge in [-0.1, -0.05) is 40.5 Å². The topological polar surface area (TPSA) is 45.4 Å². The Morgan fingerprint density at radius 3 is 2.35 bits per heavy atom. The molecule has 1 unspecified atom stereocenters. The van der Waals surface area contributed by atoms with E-state index in [4.69, 9.17) is 33.4 Å². The maximum atomic E-state index is 13.9. The molecule has 0 aliphatic carbocycles. The molecule has 2 aromatic carbocycles. The van der Waals surface area contributed by atoms with E-state index < -0.39 is 18.2 Å². The molecule has 0 spiro atoms. The van der Waals surface area contributed by atoms with Crippen LogP contribution in [0.3, 0.4) is 0 Å². The van der Waals surface area contributed by atoms with Crippen LogP contribution in [0.15, 0.2) is 41.6 Å². The molecule has 0 amide bonds. The minimum atomic E-state index is -4.73. The van der Waals surface area contributed by atoms with E-state index in [1.54, 1.807) is 25.1 Å². The second-order valence-electron chi connectivity index (χ2n) is 6.00. The monoisotopic (exact) mass is 400 g/mol. The third-order valence-electron chi connectivity index (χ3n) is 4.27. The van der Waals surface area contributed by atoms with Crippen LogP contribution >= 0.6 is 23.2 Å². The zero-order valence-corrected chi connectivity index (χ0v) is 15.0. The summed E-state index contributed by atoms with van der Waals surface area (Å²) in [6.45, 7) is 1.77. The van der Waals surface area contributed by atoms with Gasteiger partial charge in [-0.2, -0.15) is 13.2 Å². The van der Waals surface area contributed by atoms with Crippen LogP contribution in [0.4, 0.5) is 13.2 Å². The minimum Gasteiger partial charge on any atom is -0.374 e. The van der Waals surface area contributed by atoms with E-state index >= 15 is 0 Å². The van der Waals surface area contributed by atoms with Crippen molar-refractivity contribution in [2.24, 2.45) is 5.16 Å². The summed E-state index contributed by atoms with van der Waals surface area (Å²) in [6, 6.07) is 8.68. The fourth-order valence-corrected chi connectivity index (χ4v) is 3.39. The highest BCUT2D eigenvalue weighted by atomic mass is 35.5. The lowest BCUT2D eigenvalue weighted by Crippen LogP contribution is -2.42. The lowest BCUT2D eigenvalue weighted by molar-refractivity contribution is -0.275. The molecule has 0 radical (unpaired) electrons. The maximum Gasteiger partial charge on any atom is 0.435 e. The van der Waals surface area contributed by atoms with Gasteiger partial charge in [-0.05, 0) is 47.9 Å². The summed E-state index contributed by atoms with van der Waals surface area (Å²) in [5.41, 5.74) is -0.739. The first-order valence-corrected chi connectivity index (χ1v) is 8.32. The zero-order chi connectivity index (χ0) is 19.1. The molecule has 1 atom stereocenters. The molecular weight excluding hydrogens is 388 g/mol. The summed E-state index contributed by atoms with van der Waals surface area (Å²) in [6.07, 6.45) is -4.05. The number of oxime groups is 1. The Morgan fingerprint density at radius 1 is 1.15 bits per heavy atom. The Balaban J connectivity index is 2.03. The number of alkyl halides is 3. The second-order valence-corrected chi connectivity index (χ2v) is 6.88. The SMILES string of the molecule is Cc1cc(C2=NOC(c3cc(Cl)cc(Cl)c3)(C(F)(F)F)C2)ccc1C=N. The molecule has 1 aliphatic rings. The van der Waals surface area contributed by atoms with Crippen LogP contribution < -0.4 is 0 Å². The largest absolute Gasteiger partial charge is 0.435 e. The van der Waals surface area contributed by atoms with Crippen LogP contribution in [-0.2, 0) is 10.4 Å². The van der Waals surface area contributed by atoms with E-state index in [1.807, 2.05) is 0 Å². The lowest BCUT2D eigenvalue weighted by atomic mass is 9.86. The summed E-state index contributed by atoms with van der Waals surface area (Å²) in [4.78, 5) is 4.97. The molecular formula is C18H13Cl2F3N2O. The number of hydrogen-bond donors (Lipinski definition) is 1. The highest BCUT2D eigenvalue weighted by Crippen LogP contribution is 2.49. The summed E-state index contributed by atoms with van der Waals surface area (Å²) in [5, 5.41) is 11.2. The molecule has 0 fully saturated rings. The van der Waals surface area contributed by atoms with E-state index in [2.05, 4.69) is 5.16 Å². The van der Waals surface area contributed by atoms with Gasteiger partial charge in [-0.15, -0.1) is 0 Å². The molecule has 1 aliphatic heterocycles. The van der Waals surface area contributed by atoms with Crippen molar-refractivity contribution in [2.45, 2.75) is 25.1 Å². The van der Waals surface area contributed by atoms with Crippen molar-refractivity contribution in [3.8, 4) is 0 Å². The summed E-state index contributed by atoms with van der Waals surface area (Å²) in [5.74, 6) is 0. The van der Waals surface area contributed by atoms with Gasteiger partial charge in [0.25, 0.3) is 5.60 Å². The fraction of sp³-hybridized carbons (Fsp3) is 0.222. The normalized spacial score (nSPS) is 19.8. The fourth-order valence-electron chi connectivity index (χ4n) is 2.86. The number of rotatable bonds is 3. The van der Waals surface area contributed by atoms with E-state index in [-0.39, 0.29) is 21.3 Å². The predicted molar refractivity (Wildman–Crippen MR) is 95.5 cm³/mol. The van der Waals surface area contributed by atoms with Crippen LogP contribution in [0.2, 0.25) is 10.0 Å². The van der Waals surface area contributed by atoms with Crippen molar-refractivity contribution >= 4 is 35.1 Å². The van der Waals surface area contributed by atoms with E-state index in [9.17, 15) is 13.2 Å². The molecule has 0 bridgehead atoms. The van der Waals surface area contributed by atoms with Crippen molar-refractivity contribution in [1.29, 1.82) is 5.41 Å². The molecule has 1 N–H and O–H groups in total. The van der Waals surface area contributed by atoms with Gasteiger partial charge in [0, 0.05) is 28.2 Å². The maximum absolute atomic E-state index is 13.9. The van der Waals surface area contributed by atoms with Crippen LogP contribution in [0, 0.1) is 12.3 Å². The Hall–Kier alpha value is -2.05. The predicted octanol–water partition coefficient (Wildman–Crippen LogP) is 5.88. The molecule has 136 valence electrons. The van der Waals surface area contributed by atoms with Crippen LogP contribution in [0.5, 0.6) is 0 Å². The highest BCUT2D eigenvalue weighted by molar-refractivity contribution is 6.34. The molecule has 3 rings (SSSR count). The van der Waals surface area contributed by atoms with Crippen molar-refractivity contribution in [2.75, 3.05) is 0 Å². The molecule has 0 saturated heterocycles. The van der Waals surface area contributed by atoms with E-state index in [1.165, 1.54) is 24.4 Å². The summed E-state index contributed by atoms with van der Waals surface area (Å²) >= 11 is 11.8. The third kappa shape index (κ3) is 3.19. The van der Waals surface area contributed by atoms with Crippen LogP contribution in [0.25, 0.3) is 0 Å². The van der Waals surface area contributed by atoms with Gasteiger partial charge in [0.05, 0.1) is 5.71 Å². The number of benzene rings is 2. The average molecular weight is 401 g/mol. The molecule has 1 heterocycles. The first-order chi connectivity index (χ1) is 12.2. The summed E-state index contributed by atoms with van der Waals surface area (Å²) in [7, 11) is 0. The standard InChI is InChI=1S/C18H13Cl2F3N2O/c1-10-4-11(2-3-12(10)9-24)16-8-17(26-25-16,18(21,22)23)13-5-14(19)7-15(20)6-13/h2-7,9,24H,8H2,1H3. The quantitative estimate of drug-likeness (QED) is 0.642. The van der Waals surface area contributed by atoms with Gasteiger partial charge < -0.3 is 10.2 Å². The van der Waals surface area contributed by atoms with E-state index in [0.29, 0.717) is 11.1 Å². The van der Waals surface area contributed by atoms with Crippen molar-refractivity contribution in [3.63, 3.8) is 0 Å². The number of nitrogens with zero attached hydrogens (tertiary/aromatic N) is 1. The van der Waals surface area contributed by atoms with E-state index in [0.717, 1.165) is 5.56 Å². The van der Waals surface area contributed by atoms with Gasteiger partial charge in [-0.25, -0.2) is 0 Å². The van der Waals surface area contributed by atoms with Gasteiger partial charge in [0.15, 0.2) is 0 Å².